The topological polar surface area (TPSA) is 61.8 Å². The summed E-state index contributed by atoms with van der Waals surface area (Å²) in [6.45, 7) is 3.27. The molecule has 0 saturated carbocycles. The van der Waals surface area contributed by atoms with E-state index in [9.17, 15) is 9.59 Å². The van der Waals surface area contributed by atoms with Gasteiger partial charge >= 0.3 is 11.9 Å². The molecule has 0 atom stereocenters. The van der Waals surface area contributed by atoms with E-state index in [0.717, 1.165) is 12.8 Å². The molecule has 5 nitrogen and oxygen atoms in total. The SMILES string of the molecule is CCCCCCCCCCCOC(=O)CCC(=O)OCCOC. The quantitative estimate of drug-likeness (QED) is 0.316. The predicted molar refractivity (Wildman–Crippen MR) is 90.3 cm³/mol. The fourth-order valence-electron chi connectivity index (χ4n) is 2.19. The first-order chi connectivity index (χ1) is 11.2. The molecule has 0 aromatic rings. The Hall–Kier alpha value is -1.10. The van der Waals surface area contributed by atoms with Crippen molar-refractivity contribution in [3.05, 3.63) is 0 Å². The third-order valence-electron chi connectivity index (χ3n) is 3.59. The van der Waals surface area contributed by atoms with Gasteiger partial charge in [0.05, 0.1) is 26.1 Å². The summed E-state index contributed by atoms with van der Waals surface area (Å²) in [7, 11) is 1.54. The Morgan fingerprint density at radius 1 is 0.652 bits per heavy atom. The zero-order valence-electron chi connectivity index (χ0n) is 14.9. The van der Waals surface area contributed by atoms with Crippen LogP contribution in [0.4, 0.5) is 0 Å². The minimum atomic E-state index is -0.387. The maximum absolute atomic E-state index is 11.5. The highest BCUT2D eigenvalue weighted by Crippen LogP contribution is 2.09. The first-order valence-corrected chi connectivity index (χ1v) is 9.00. The number of methoxy groups -OCH3 is 1. The Balaban J connectivity index is 3.28. The van der Waals surface area contributed by atoms with Crippen LogP contribution in [0.25, 0.3) is 0 Å². The van der Waals surface area contributed by atoms with Crippen molar-refractivity contribution >= 4 is 11.9 Å². The largest absolute Gasteiger partial charge is 0.466 e. The average molecular weight is 330 g/mol. The van der Waals surface area contributed by atoms with Gasteiger partial charge in [0.25, 0.3) is 0 Å². The molecule has 0 aliphatic rings. The fraction of sp³-hybridized carbons (Fsp3) is 0.889. The number of carbonyl (C=O) groups is 2. The van der Waals surface area contributed by atoms with Crippen molar-refractivity contribution in [2.75, 3.05) is 26.9 Å². The first-order valence-electron chi connectivity index (χ1n) is 9.00. The summed E-state index contributed by atoms with van der Waals surface area (Å²) in [4.78, 5) is 22.7. The van der Waals surface area contributed by atoms with Crippen molar-refractivity contribution in [2.45, 2.75) is 77.6 Å². The van der Waals surface area contributed by atoms with Crippen molar-refractivity contribution < 1.29 is 23.8 Å². The smallest absolute Gasteiger partial charge is 0.306 e. The normalized spacial score (nSPS) is 10.5. The Bertz CT molecular complexity index is 291. The molecule has 136 valence electrons. The van der Waals surface area contributed by atoms with Crippen LogP contribution in [0.3, 0.4) is 0 Å². The van der Waals surface area contributed by atoms with Gasteiger partial charge in [-0.3, -0.25) is 9.59 Å². The molecule has 0 heterocycles. The van der Waals surface area contributed by atoms with Gasteiger partial charge in [0, 0.05) is 7.11 Å². The number of ether oxygens (including phenoxy) is 3. The summed E-state index contributed by atoms with van der Waals surface area (Å²) >= 11 is 0. The number of hydrogen-bond donors (Lipinski definition) is 0. The van der Waals surface area contributed by atoms with E-state index in [1.807, 2.05) is 0 Å². The second-order valence-electron chi connectivity index (χ2n) is 5.76. The third kappa shape index (κ3) is 17.1. The van der Waals surface area contributed by atoms with Crippen molar-refractivity contribution in [3.8, 4) is 0 Å². The Kier molecular flexibility index (Phi) is 16.4. The van der Waals surface area contributed by atoms with Crippen LogP contribution >= 0.6 is 0 Å². The van der Waals surface area contributed by atoms with Crippen molar-refractivity contribution in [1.82, 2.24) is 0 Å². The lowest BCUT2D eigenvalue weighted by Gasteiger charge is -2.06. The van der Waals surface area contributed by atoms with Gasteiger partial charge in [-0.25, -0.2) is 0 Å². The molecular formula is C18H34O5. The van der Waals surface area contributed by atoms with Crippen LogP contribution in [0.2, 0.25) is 0 Å². The third-order valence-corrected chi connectivity index (χ3v) is 3.59. The average Bonchev–Trinajstić information content (AvgIpc) is 2.55. The zero-order chi connectivity index (χ0) is 17.2. The molecule has 0 radical (unpaired) electrons. The van der Waals surface area contributed by atoms with E-state index in [1.54, 1.807) is 0 Å². The van der Waals surface area contributed by atoms with E-state index in [2.05, 4.69) is 6.92 Å². The lowest BCUT2D eigenvalue weighted by Crippen LogP contribution is -2.13. The summed E-state index contributed by atoms with van der Waals surface area (Å²) in [5.41, 5.74) is 0. The molecule has 5 heteroatoms. The highest BCUT2D eigenvalue weighted by atomic mass is 16.6. The van der Waals surface area contributed by atoms with Crippen molar-refractivity contribution in [3.63, 3.8) is 0 Å². The van der Waals surface area contributed by atoms with E-state index in [0.29, 0.717) is 13.2 Å². The Labute approximate surface area is 141 Å². The van der Waals surface area contributed by atoms with Gasteiger partial charge in [0.2, 0.25) is 0 Å². The van der Waals surface area contributed by atoms with Crippen LogP contribution in [0.15, 0.2) is 0 Å². The highest BCUT2D eigenvalue weighted by molar-refractivity contribution is 5.77. The van der Waals surface area contributed by atoms with Gasteiger partial charge in [-0.2, -0.15) is 0 Å². The van der Waals surface area contributed by atoms with Crippen LogP contribution in [0, 0.1) is 0 Å². The second-order valence-corrected chi connectivity index (χ2v) is 5.76. The standard InChI is InChI=1S/C18H34O5/c1-3-4-5-6-7-8-9-10-11-14-22-17(19)12-13-18(20)23-16-15-21-2/h3-16H2,1-2H3. The first kappa shape index (κ1) is 21.9. The molecule has 0 rings (SSSR count). The number of carbonyl (C=O) groups excluding carboxylic acids is 2. The molecule has 0 saturated heterocycles. The molecule has 0 aromatic carbocycles. The Morgan fingerprint density at radius 3 is 1.65 bits per heavy atom. The van der Waals surface area contributed by atoms with Crippen molar-refractivity contribution in [2.24, 2.45) is 0 Å². The number of rotatable bonds is 16. The second kappa shape index (κ2) is 17.3. The van der Waals surface area contributed by atoms with Gasteiger partial charge in [-0.05, 0) is 6.42 Å². The summed E-state index contributed by atoms with van der Waals surface area (Å²) in [6.07, 6.45) is 11.3. The molecular weight excluding hydrogens is 296 g/mol. The number of unbranched alkanes of at least 4 members (excludes halogenated alkanes) is 8. The monoisotopic (exact) mass is 330 g/mol. The summed E-state index contributed by atoms with van der Waals surface area (Å²) < 4.78 is 14.7. The lowest BCUT2D eigenvalue weighted by molar-refractivity contribution is -0.151. The molecule has 0 aliphatic heterocycles. The van der Waals surface area contributed by atoms with Crippen LogP contribution in [-0.2, 0) is 23.8 Å². The van der Waals surface area contributed by atoms with E-state index in [-0.39, 0.29) is 31.4 Å². The summed E-state index contributed by atoms with van der Waals surface area (Å²) in [5.74, 6) is -0.713. The van der Waals surface area contributed by atoms with Gasteiger partial charge in [-0.1, -0.05) is 58.3 Å². The molecule has 0 unspecified atom stereocenters. The van der Waals surface area contributed by atoms with Crippen LogP contribution in [0.1, 0.15) is 77.6 Å². The van der Waals surface area contributed by atoms with E-state index >= 15 is 0 Å². The fourth-order valence-corrected chi connectivity index (χ4v) is 2.19. The Morgan fingerprint density at radius 2 is 1.13 bits per heavy atom. The molecule has 0 aliphatic carbocycles. The van der Waals surface area contributed by atoms with Crippen LogP contribution in [-0.4, -0.2) is 38.9 Å². The van der Waals surface area contributed by atoms with Crippen molar-refractivity contribution in [1.29, 1.82) is 0 Å². The molecule has 0 aromatic heterocycles. The van der Waals surface area contributed by atoms with Crippen LogP contribution < -0.4 is 0 Å². The van der Waals surface area contributed by atoms with Gasteiger partial charge in [0.15, 0.2) is 0 Å². The van der Waals surface area contributed by atoms with E-state index in [1.165, 1.54) is 52.1 Å². The zero-order valence-corrected chi connectivity index (χ0v) is 14.9. The van der Waals surface area contributed by atoms with E-state index in [4.69, 9.17) is 14.2 Å². The predicted octanol–water partition coefficient (Wildman–Crippen LogP) is 4.03. The molecule has 0 spiro atoms. The number of esters is 2. The van der Waals surface area contributed by atoms with Crippen LogP contribution in [0.5, 0.6) is 0 Å². The lowest BCUT2D eigenvalue weighted by atomic mass is 10.1. The van der Waals surface area contributed by atoms with E-state index < -0.39 is 0 Å². The van der Waals surface area contributed by atoms with Gasteiger partial charge in [0.1, 0.15) is 6.61 Å². The molecule has 0 amide bonds. The molecule has 0 bridgehead atoms. The maximum Gasteiger partial charge on any atom is 0.306 e. The molecule has 0 fully saturated rings. The van der Waals surface area contributed by atoms with Gasteiger partial charge in [-0.15, -0.1) is 0 Å². The minimum Gasteiger partial charge on any atom is -0.466 e. The minimum absolute atomic E-state index is 0.0697. The number of hydrogen-bond acceptors (Lipinski definition) is 5. The molecule has 23 heavy (non-hydrogen) atoms. The maximum atomic E-state index is 11.5. The summed E-state index contributed by atoms with van der Waals surface area (Å²) in [5, 5.41) is 0. The summed E-state index contributed by atoms with van der Waals surface area (Å²) in [6, 6.07) is 0. The highest BCUT2D eigenvalue weighted by Gasteiger charge is 2.08. The van der Waals surface area contributed by atoms with Gasteiger partial charge < -0.3 is 14.2 Å². The molecule has 0 N–H and O–H groups in total.